The van der Waals surface area contributed by atoms with E-state index >= 15 is 0 Å². The SMILES string of the molecule is CCCCCC[N+](C)(C)[C@H]1C(O)O[C@H](CO)[C@@H](O)[C@@H]1O. The van der Waals surface area contributed by atoms with Crippen molar-refractivity contribution >= 4 is 0 Å². The van der Waals surface area contributed by atoms with Crippen molar-refractivity contribution in [2.75, 3.05) is 27.2 Å². The molecule has 0 amide bonds. The number of hydrogen-bond donors (Lipinski definition) is 4. The summed E-state index contributed by atoms with van der Waals surface area (Å²) in [5.41, 5.74) is 0. The molecule has 1 unspecified atom stereocenters. The van der Waals surface area contributed by atoms with Crippen molar-refractivity contribution in [2.24, 2.45) is 0 Å². The lowest BCUT2D eigenvalue weighted by atomic mass is 9.94. The van der Waals surface area contributed by atoms with Crippen molar-refractivity contribution in [1.82, 2.24) is 0 Å². The Morgan fingerprint density at radius 1 is 1.00 bits per heavy atom. The van der Waals surface area contributed by atoms with Crippen LogP contribution >= 0.6 is 0 Å². The highest BCUT2D eigenvalue weighted by Gasteiger charge is 2.51. The number of nitrogens with zero attached hydrogens (tertiary/aromatic N) is 1. The molecule has 120 valence electrons. The molecule has 1 rings (SSSR count). The standard InChI is InChI=1S/C14H30NO5/c1-4-5-6-7-8-15(2,3)11-13(18)12(17)10(9-16)20-14(11)19/h10-14,16-19H,4-9H2,1-3H3/q+1/t10-,11-,12-,13-,14?/m1/s1. The fraction of sp³-hybridized carbons (Fsp3) is 1.00. The van der Waals surface area contributed by atoms with Crippen LogP contribution in [0.25, 0.3) is 0 Å². The average molecular weight is 292 g/mol. The first-order valence-corrected chi connectivity index (χ1v) is 7.48. The molecular formula is C14H30NO5+. The second kappa shape index (κ2) is 7.68. The van der Waals surface area contributed by atoms with Gasteiger partial charge >= 0.3 is 0 Å². The summed E-state index contributed by atoms with van der Waals surface area (Å²) in [5, 5.41) is 39.3. The van der Waals surface area contributed by atoms with E-state index in [1.165, 1.54) is 6.42 Å². The Morgan fingerprint density at radius 3 is 2.20 bits per heavy atom. The van der Waals surface area contributed by atoms with Gasteiger partial charge in [-0.3, -0.25) is 0 Å². The third kappa shape index (κ3) is 4.13. The zero-order valence-electron chi connectivity index (χ0n) is 12.8. The van der Waals surface area contributed by atoms with Gasteiger partial charge in [0.15, 0.2) is 6.04 Å². The zero-order chi connectivity index (χ0) is 15.3. The first kappa shape index (κ1) is 17.8. The molecule has 6 heteroatoms. The Balaban J connectivity index is 2.67. The van der Waals surface area contributed by atoms with Crippen molar-refractivity contribution in [3.63, 3.8) is 0 Å². The molecule has 1 aliphatic rings. The van der Waals surface area contributed by atoms with Gasteiger partial charge < -0.3 is 29.6 Å². The first-order chi connectivity index (χ1) is 9.35. The zero-order valence-corrected chi connectivity index (χ0v) is 12.8. The minimum atomic E-state index is -1.19. The lowest BCUT2D eigenvalue weighted by Crippen LogP contribution is -2.69. The second-order valence-electron chi connectivity index (χ2n) is 6.28. The topological polar surface area (TPSA) is 90.2 Å². The molecule has 1 heterocycles. The van der Waals surface area contributed by atoms with Crippen LogP contribution in [0.2, 0.25) is 0 Å². The summed E-state index contributed by atoms with van der Waals surface area (Å²) in [5.74, 6) is 0. The van der Waals surface area contributed by atoms with E-state index in [9.17, 15) is 15.3 Å². The van der Waals surface area contributed by atoms with Gasteiger partial charge in [0.05, 0.1) is 27.2 Å². The highest BCUT2D eigenvalue weighted by Crippen LogP contribution is 2.27. The van der Waals surface area contributed by atoms with Crippen molar-refractivity contribution in [2.45, 2.75) is 63.3 Å². The molecule has 0 saturated carbocycles. The summed E-state index contributed by atoms with van der Waals surface area (Å²) in [6, 6.07) is -0.616. The van der Waals surface area contributed by atoms with Crippen molar-refractivity contribution in [1.29, 1.82) is 0 Å². The molecule has 5 atom stereocenters. The second-order valence-corrected chi connectivity index (χ2v) is 6.28. The van der Waals surface area contributed by atoms with Gasteiger partial charge in [0, 0.05) is 0 Å². The van der Waals surface area contributed by atoms with Gasteiger partial charge in [-0.25, -0.2) is 0 Å². The van der Waals surface area contributed by atoms with Crippen LogP contribution in [0.5, 0.6) is 0 Å². The number of quaternary nitrogens is 1. The normalized spacial score (nSPS) is 35.2. The van der Waals surface area contributed by atoms with E-state index in [1.54, 1.807) is 0 Å². The van der Waals surface area contributed by atoms with Crippen molar-refractivity contribution in [3.05, 3.63) is 0 Å². The summed E-state index contributed by atoms with van der Waals surface area (Å²) in [6.45, 7) is 2.51. The van der Waals surface area contributed by atoms with Crippen LogP contribution in [0.1, 0.15) is 32.6 Å². The van der Waals surface area contributed by atoms with Crippen LogP contribution in [0.4, 0.5) is 0 Å². The Morgan fingerprint density at radius 2 is 1.65 bits per heavy atom. The molecule has 0 spiro atoms. The predicted octanol–water partition coefficient (Wildman–Crippen LogP) is -0.557. The number of unbranched alkanes of at least 4 members (excludes halogenated alkanes) is 3. The van der Waals surface area contributed by atoms with Crippen LogP contribution in [0.15, 0.2) is 0 Å². The highest BCUT2D eigenvalue weighted by atomic mass is 16.6. The van der Waals surface area contributed by atoms with Crippen LogP contribution in [0.3, 0.4) is 0 Å². The molecule has 0 aromatic rings. The van der Waals surface area contributed by atoms with Gasteiger partial charge in [-0.15, -0.1) is 0 Å². The third-order valence-electron chi connectivity index (χ3n) is 4.26. The number of likely N-dealkylation sites (N-methyl/N-ethyl adjacent to an activating group) is 1. The van der Waals surface area contributed by atoms with E-state index in [1.807, 2.05) is 14.1 Å². The van der Waals surface area contributed by atoms with Gasteiger partial charge in [-0.05, 0) is 12.8 Å². The predicted molar refractivity (Wildman–Crippen MR) is 74.9 cm³/mol. The fourth-order valence-electron chi connectivity index (χ4n) is 2.94. The maximum absolute atomic E-state index is 10.2. The van der Waals surface area contributed by atoms with Gasteiger partial charge in [0.1, 0.15) is 18.3 Å². The summed E-state index contributed by atoms with van der Waals surface area (Å²) in [6.07, 6.45) is 0.0150. The number of aliphatic hydroxyl groups is 4. The molecule has 0 aliphatic carbocycles. The molecule has 0 bridgehead atoms. The van der Waals surface area contributed by atoms with E-state index in [0.29, 0.717) is 4.48 Å². The lowest BCUT2D eigenvalue weighted by Gasteiger charge is -2.47. The lowest BCUT2D eigenvalue weighted by molar-refractivity contribution is -0.928. The quantitative estimate of drug-likeness (QED) is 0.373. The molecule has 0 aromatic heterocycles. The largest absolute Gasteiger partial charge is 0.394 e. The Kier molecular flexibility index (Phi) is 6.84. The summed E-state index contributed by atoms with van der Waals surface area (Å²) >= 11 is 0. The molecule has 1 fully saturated rings. The van der Waals surface area contributed by atoms with Gasteiger partial charge in [-0.1, -0.05) is 19.8 Å². The maximum atomic E-state index is 10.2. The van der Waals surface area contributed by atoms with Crippen LogP contribution < -0.4 is 0 Å². The van der Waals surface area contributed by atoms with Gasteiger partial charge in [-0.2, -0.15) is 0 Å². The highest BCUT2D eigenvalue weighted by molar-refractivity contribution is 4.89. The van der Waals surface area contributed by atoms with Crippen molar-refractivity contribution < 1.29 is 29.6 Å². The number of rotatable bonds is 7. The maximum Gasteiger partial charge on any atom is 0.211 e. The van der Waals surface area contributed by atoms with E-state index in [0.717, 1.165) is 25.8 Å². The third-order valence-corrected chi connectivity index (χ3v) is 4.26. The smallest absolute Gasteiger partial charge is 0.211 e. The molecule has 4 N–H and O–H groups in total. The van der Waals surface area contributed by atoms with Crippen molar-refractivity contribution in [3.8, 4) is 0 Å². The molecule has 6 nitrogen and oxygen atoms in total. The monoisotopic (exact) mass is 292 g/mol. The Hall–Kier alpha value is -0.240. The molecule has 0 radical (unpaired) electrons. The van der Waals surface area contributed by atoms with E-state index in [-0.39, 0.29) is 0 Å². The molecule has 1 saturated heterocycles. The summed E-state index contributed by atoms with van der Waals surface area (Å²) in [4.78, 5) is 0. The van der Waals surface area contributed by atoms with E-state index in [2.05, 4.69) is 6.92 Å². The number of ether oxygens (including phenoxy) is 1. The summed E-state index contributed by atoms with van der Waals surface area (Å²) in [7, 11) is 3.83. The molecule has 0 aromatic carbocycles. The number of hydrogen-bond acceptors (Lipinski definition) is 5. The van der Waals surface area contributed by atoms with E-state index in [4.69, 9.17) is 9.84 Å². The van der Waals surface area contributed by atoms with Gasteiger partial charge in [0.2, 0.25) is 6.29 Å². The van der Waals surface area contributed by atoms with Crippen LogP contribution in [-0.2, 0) is 4.74 Å². The first-order valence-electron chi connectivity index (χ1n) is 7.48. The van der Waals surface area contributed by atoms with E-state index < -0.39 is 37.3 Å². The minimum absolute atomic E-state index is 0.376. The Bertz CT molecular complexity index is 287. The van der Waals surface area contributed by atoms with Crippen LogP contribution in [0, 0.1) is 0 Å². The average Bonchev–Trinajstić information content (AvgIpc) is 2.38. The minimum Gasteiger partial charge on any atom is -0.394 e. The van der Waals surface area contributed by atoms with Gasteiger partial charge in [0.25, 0.3) is 0 Å². The Labute approximate surface area is 121 Å². The fourth-order valence-corrected chi connectivity index (χ4v) is 2.94. The number of aliphatic hydroxyl groups excluding tert-OH is 4. The molecule has 20 heavy (non-hydrogen) atoms. The molecule has 1 aliphatic heterocycles. The molecular weight excluding hydrogens is 262 g/mol. The van der Waals surface area contributed by atoms with Crippen LogP contribution in [-0.4, -0.2) is 82.8 Å². The summed E-state index contributed by atoms with van der Waals surface area (Å²) < 4.78 is 5.60.